The number of nitrogens with one attached hydrogen (secondary N) is 2. The number of anilines is 2. The van der Waals surface area contributed by atoms with Crippen LogP contribution in [0.15, 0.2) is 72.8 Å². The first-order chi connectivity index (χ1) is 12.5. The van der Waals surface area contributed by atoms with Crippen LogP contribution in [0, 0.1) is 6.92 Å². The minimum Gasteiger partial charge on any atom is -0.308 e. The molecular weight excluding hydrogens is 320 g/mol. The molecule has 26 heavy (non-hydrogen) atoms. The summed E-state index contributed by atoms with van der Waals surface area (Å²) in [6, 6.07) is 23.9. The van der Waals surface area contributed by atoms with E-state index in [0.717, 1.165) is 33.6 Å². The van der Waals surface area contributed by atoms with Crippen molar-refractivity contribution in [3.63, 3.8) is 0 Å². The molecule has 0 bridgehead atoms. The lowest BCUT2D eigenvalue weighted by Crippen LogP contribution is -2.21. The number of aryl methyl sites for hydroxylation is 1. The van der Waals surface area contributed by atoms with Crippen molar-refractivity contribution in [2.24, 2.45) is 0 Å². The Hall–Kier alpha value is -3.07. The van der Waals surface area contributed by atoms with E-state index in [1.54, 1.807) is 0 Å². The Kier molecular flexibility index (Phi) is 5.37. The third-order valence-corrected chi connectivity index (χ3v) is 4.42. The number of rotatable bonds is 4. The molecule has 3 rings (SSSR count). The lowest BCUT2D eigenvalue weighted by molar-refractivity contribution is 0.262. The van der Waals surface area contributed by atoms with Crippen LogP contribution in [-0.4, -0.2) is 6.03 Å². The van der Waals surface area contributed by atoms with Crippen LogP contribution in [0.4, 0.5) is 16.2 Å². The zero-order chi connectivity index (χ0) is 18.5. The molecule has 0 aliphatic heterocycles. The van der Waals surface area contributed by atoms with Gasteiger partial charge < -0.3 is 10.6 Å². The highest BCUT2D eigenvalue weighted by Crippen LogP contribution is 2.27. The van der Waals surface area contributed by atoms with Gasteiger partial charge in [-0.2, -0.15) is 0 Å². The van der Waals surface area contributed by atoms with Crippen molar-refractivity contribution in [3.8, 4) is 11.1 Å². The number of hydrogen-bond donors (Lipinski definition) is 2. The van der Waals surface area contributed by atoms with Crippen molar-refractivity contribution >= 4 is 17.4 Å². The van der Waals surface area contributed by atoms with Crippen molar-refractivity contribution in [2.45, 2.75) is 26.7 Å². The van der Waals surface area contributed by atoms with E-state index in [1.807, 2.05) is 61.5 Å². The van der Waals surface area contributed by atoms with E-state index in [1.165, 1.54) is 0 Å². The van der Waals surface area contributed by atoms with Crippen LogP contribution in [-0.2, 0) is 0 Å². The van der Waals surface area contributed by atoms with E-state index in [0.29, 0.717) is 5.92 Å². The SMILES string of the molecule is Cc1cccc(C(C)C)c1NC(=O)Nc1ccc(-c2ccccc2)cc1. The number of amides is 2. The summed E-state index contributed by atoms with van der Waals surface area (Å²) >= 11 is 0. The molecule has 0 spiro atoms. The third-order valence-electron chi connectivity index (χ3n) is 4.42. The summed E-state index contributed by atoms with van der Waals surface area (Å²) in [7, 11) is 0. The Labute approximate surface area is 155 Å². The molecule has 0 unspecified atom stereocenters. The van der Waals surface area contributed by atoms with Crippen molar-refractivity contribution in [1.29, 1.82) is 0 Å². The van der Waals surface area contributed by atoms with Crippen molar-refractivity contribution in [1.82, 2.24) is 0 Å². The summed E-state index contributed by atoms with van der Waals surface area (Å²) in [5.41, 5.74) is 6.13. The van der Waals surface area contributed by atoms with Crippen LogP contribution in [0.25, 0.3) is 11.1 Å². The van der Waals surface area contributed by atoms with E-state index in [9.17, 15) is 4.79 Å². The van der Waals surface area contributed by atoms with Crippen LogP contribution < -0.4 is 10.6 Å². The zero-order valence-corrected chi connectivity index (χ0v) is 15.4. The summed E-state index contributed by atoms with van der Waals surface area (Å²) in [5.74, 6) is 0.343. The lowest BCUT2D eigenvalue weighted by Gasteiger charge is -2.17. The summed E-state index contributed by atoms with van der Waals surface area (Å²) in [5, 5.41) is 5.92. The molecular formula is C23H24N2O. The Morgan fingerprint density at radius 2 is 1.42 bits per heavy atom. The number of benzene rings is 3. The average molecular weight is 344 g/mol. The molecule has 0 saturated carbocycles. The van der Waals surface area contributed by atoms with Crippen molar-refractivity contribution in [2.75, 3.05) is 10.6 Å². The van der Waals surface area contributed by atoms with Crippen molar-refractivity contribution < 1.29 is 4.79 Å². The van der Waals surface area contributed by atoms with E-state index in [-0.39, 0.29) is 6.03 Å². The van der Waals surface area contributed by atoms with Crippen LogP contribution in [0.5, 0.6) is 0 Å². The van der Waals surface area contributed by atoms with Gasteiger partial charge in [-0.05, 0) is 47.2 Å². The van der Waals surface area contributed by atoms with Crippen LogP contribution in [0.3, 0.4) is 0 Å². The van der Waals surface area contributed by atoms with E-state index < -0.39 is 0 Å². The van der Waals surface area contributed by atoms with Gasteiger partial charge in [0.15, 0.2) is 0 Å². The van der Waals surface area contributed by atoms with Gasteiger partial charge in [-0.3, -0.25) is 0 Å². The monoisotopic (exact) mass is 344 g/mol. The fourth-order valence-electron chi connectivity index (χ4n) is 2.99. The van der Waals surface area contributed by atoms with Gasteiger partial charge in [0.25, 0.3) is 0 Å². The molecule has 3 nitrogen and oxygen atoms in total. The van der Waals surface area contributed by atoms with E-state index >= 15 is 0 Å². The van der Waals surface area contributed by atoms with Gasteiger partial charge in [-0.1, -0.05) is 74.5 Å². The molecule has 2 amide bonds. The normalized spacial score (nSPS) is 10.6. The van der Waals surface area contributed by atoms with Gasteiger partial charge in [-0.25, -0.2) is 4.79 Å². The number of para-hydroxylation sites is 1. The number of hydrogen-bond acceptors (Lipinski definition) is 1. The molecule has 3 aromatic carbocycles. The molecule has 3 heteroatoms. The second-order valence-corrected chi connectivity index (χ2v) is 6.72. The maximum Gasteiger partial charge on any atom is 0.323 e. The molecule has 0 aliphatic rings. The number of carbonyl (C=O) groups is 1. The Morgan fingerprint density at radius 3 is 2.08 bits per heavy atom. The predicted octanol–water partition coefficient (Wildman–Crippen LogP) is 6.43. The Balaban J connectivity index is 1.71. The molecule has 2 N–H and O–H groups in total. The van der Waals surface area contributed by atoms with Crippen LogP contribution >= 0.6 is 0 Å². The standard InChI is InChI=1S/C23H24N2O/c1-16(2)21-11-7-8-17(3)22(21)25-23(26)24-20-14-12-19(13-15-20)18-9-5-4-6-10-18/h4-16H,1-3H3,(H2,24,25,26). The minimum atomic E-state index is -0.228. The van der Waals surface area contributed by atoms with E-state index in [2.05, 4.69) is 42.7 Å². The molecule has 0 saturated heterocycles. The second-order valence-electron chi connectivity index (χ2n) is 6.72. The average Bonchev–Trinajstić information content (AvgIpc) is 2.64. The number of carbonyl (C=O) groups excluding carboxylic acids is 1. The first-order valence-electron chi connectivity index (χ1n) is 8.87. The van der Waals surface area contributed by atoms with E-state index in [4.69, 9.17) is 0 Å². The lowest BCUT2D eigenvalue weighted by atomic mass is 9.98. The molecule has 0 aromatic heterocycles. The number of urea groups is 1. The van der Waals surface area contributed by atoms with Gasteiger partial charge in [0.1, 0.15) is 0 Å². The van der Waals surface area contributed by atoms with Crippen molar-refractivity contribution in [3.05, 3.63) is 83.9 Å². The molecule has 132 valence electrons. The summed E-state index contributed by atoms with van der Waals surface area (Å²) in [6.45, 7) is 6.26. The highest BCUT2D eigenvalue weighted by atomic mass is 16.2. The molecule has 0 atom stereocenters. The summed E-state index contributed by atoms with van der Waals surface area (Å²) in [4.78, 5) is 12.4. The van der Waals surface area contributed by atoms with Gasteiger partial charge in [0.2, 0.25) is 0 Å². The van der Waals surface area contributed by atoms with Gasteiger partial charge >= 0.3 is 6.03 Å². The molecule has 0 radical (unpaired) electrons. The smallest absolute Gasteiger partial charge is 0.308 e. The first-order valence-corrected chi connectivity index (χ1v) is 8.87. The minimum absolute atomic E-state index is 0.228. The van der Waals surface area contributed by atoms with Crippen LogP contribution in [0.1, 0.15) is 30.9 Å². The molecule has 0 heterocycles. The zero-order valence-electron chi connectivity index (χ0n) is 15.4. The Bertz CT molecular complexity index is 884. The molecule has 0 fully saturated rings. The van der Waals surface area contributed by atoms with Gasteiger partial charge in [0.05, 0.1) is 0 Å². The predicted molar refractivity (Wildman–Crippen MR) is 110 cm³/mol. The summed E-state index contributed by atoms with van der Waals surface area (Å²) in [6.07, 6.45) is 0. The highest BCUT2D eigenvalue weighted by molar-refractivity contribution is 6.00. The second kappa shape index (κ2) is 7.87. The Morgan fingerprint density at radius 1 is 0.769 bits per heavy atom. The van der Waals surface area contributed by atoms with Gasteiger partial charge in [0, 0.05) is 11.4 Å². The topological polar surface area (TPSA) is 41.1 Å². The fourth-order valence-corrected chi connectivity index (χ4v) is 2.99. The first kappa shape index (κ1) is 17.7. The maximum atomic E-state index is 12.4. The molecule has 3 aromatic rings. The third kappa shape index (κ3) is 4.12. The molecule has 0 aliphatic carbocycles. The van der Waals surface area contributed by atoms with Gasteiger partial charge in [-0.15, -0.1) is 0 Å². The largest absolute Gasteiger partial charge is 0.323 e. The highest BCUT2D eigenvalue weighted by Gasteiger charge is 2.12. The quantitative estimate of drug-likeness (QED) is 0.562. The van der Waals surface area contributed by atoms with Crippen LogP contribution in [0.2, 0.25) is 0 Å². The maximum absolute atomic E-state index is 12.4. The summed E-state index contributed by atoms with van der Waals surface area (Å²) < 4.78 is 0. The fraction of sp³-hybridized carbons (Fsp3) is 0.174.